The van der Waals surface area contributed by atoms with Crippen molar-refractivity contribution in [3.05, 3.63) is 47.3 Å². The smallest absolute Gasteiger partial charge is 0.0601 e. The predicted octanol–water partition coefficient (Wildman–Crippen LogP) is 3.62. The number of hydrogen-bond donors (Lipinski definition) is 1. The lowest BCUT2D eigenvalue weighted by atomic mass is 10.2. The lowest BCUT2D eigenvalue weighted by molar-refractivity contribution is 1.41. The molecular formula is C11H11NS2. The summed E-state index contributed by atoms with van der Waals surface area (Å²) >= 11 is 3.63. The molecule has 0 aliphatic heterocycles. The molecule has 1 aromatic heterocycles. The Kier molecular flexibility index (Phi) is 3.11. The number of nitrogens with two attached hydrogens (primary N) is 1. The Hall–Kier alpha value is -0.930. The summed E-state index contributed by atoms with van der Waals surface area (Å²) in [5, 5.41) is 2.10. The van der Waals surface area contributed by atoms with E-state index in [0.717, 1.165) is 11.4 Å². The molecule has 0 saturated heterocycles. The van der Waals surface area contributed by atoms with Crippen molar-refractivity contribution in [1.29, 1.82) is 0 Å². The maximum atomic E-state index is 5.70. The minimum Gasteiger partial charge on any atom is -0.399 e. The lowest BCUT2D eigenvalue weighted by Crippen LogP contribution is -1.86. The molecule has 0 amide bonds. The lowest BCUT2D eigenvalue weighted by Gasteiger charge is -2.00. The van der Waals surface area contributed by atoms with Gasteiger partial charge in [-0.05, 0) is 29.1 Å². The molecule has 2 rings (SSSR count). The molecule has 1 heterocycles. The van der Waals surface area contributed by atoms with Gasteiger partial charge < -0.3 is 5.73 Å². The van der Waals surface area contributed by atoms with Gasteiger partial charge in [0.25, 0.3) is 0 Å². The molecule has 0 unspecified atom stereocenters. The summed E-state index contributed by atoms with van der Waals surface area (Å²) in [6.45, 7) is 0. The van der Waals surface area contributed by atoms with E-state index in [2.05, 4.69) is 23.6 Å². The van der Waals surface area contributed by atoms with Gasteiger partial charge in [0.05, 0.1) is 4.21 Å². The highest BCUT2D eigenvalue weighted by Crippen LogP contribution is 2.27. The maximum Gasteiger partial charge on any atom is 0.0601 e. The first-order chi connectivity index (χ1) is 6.84. The number of benzene rings is 1. The molecule has 2 aromatic rings. The van der Waals surface area contributed by atoms with E-state index in [-0.39, 0.29) is 0 Å². The summed E-state index contributed by atoms with van der Waals surface area (Å²) in [5.74, 6) is 0.992. The molecule has 0 aliphatic rings. The van der Waals surface area contributed by atoms with Crippen LogP contribution in [0.15, 0.2) is 46.0 Å². The van der Waals surface area contributed by atoms with Crippen LogP contribution >= 0.6 is 23.1 Å². The fraction of sp³-hybridized carbons (Fsp3) is 0.0909. The van der Waals surface area contributed by atoms with Crippen molar-refractivity contribution in [1.82, 2.24) is 0 Å². The first kappa shape index (κ1) is 9.62. The Morgan fingerprint density at radius 3 is 2.86 bits per heavy atom. The van der Waals surface area contributed by atoms with Crippen molar-refractivity contribution in [2.75, 3.05) is 5.73 Å². The zero-order chi connectivity index (χ0) is 9.80. The highest BCUT2D eigenvalue weighted by atomic mass is 32.2. The standard InChI is InChI=1S/C11H11NS2/c12-10-4-1-3-9(7-10)8-14-11-5-2-6-13-11/h1-7H,8,12H2. The first-order valence-electron chi connectivity index (χ1n) is 4.35. The number of thiophene rings is 1. The minimum atomic E-state index is 0.842. The number of rotatable bonds is 3. The number of hydrogen-bond acceptors (Lipinski definition) is 3. The molecule has 0 atom stereocenters. The number of nitrogen functional groups attached to an aromatic ring is 1. The third-order valence-corrected chi connectivity index (χ3v) is 4.03. The van der Waals surface area contributed by atoms with Crippen molar-refractivity contribution >= 4 is 28.8 Å². The van der Waals surface area contributed by atoms with Crippen LogP contribution in [0.1, 0.15) is 5.56 Å². The largest absolute Gasteiger partial charge is 0.399 e. The van der Waals surface area contributed by atoms with Crippen LogP contribution < -0.4 is 5.73 Å². The Morgan fingerprint density at radius 1 is 1.21 bits per heavy atom. The summed E-state index contributed by atoms with van der Waals surface area (Å²) < 4.78 is 1.35. The number of thioether (sulfide) groups is 1. The summed E-state index contributed by atoms with van der Waals surface area (Å²) in [6, 6.07) is 12.3. The van der Waals surface area contributed by atoms with Gasteiger partial charge in [-0.2, -0.15) is 0 Å². The van der Waals surface area contributed by atoms with Crippen LogP contribution in [-0.4, -0.2) is 0 Å². The maximum absolute atomic E-state index is 5.70. The van der Waals surface area contributed by atoms with Gasteiger partial charge in [-0.3, -0.25) is 0 Å². The average Bonchev–Trinajstić information content (AvgIpc) is 2.67. The molecule has 0 radical (unpaired) electrons. The molecular weight excluding hydrogens is 210 g/mol. The van der Waals surface area contributed by atoms with Gasteiger partial charge in [0, 0.05) is 11.4 Å². The van der Waals surface area contributed by atoms with Gasteiger partial charge in [0.1, 0.15) is 0 Å². The van der Waals surface area contributed by atoms with Crippen LogP contribution in [0, 0.1) is 0 Å². The van der Waals surface area contributed by atoms with E-state index in [1.807, 2.05) is 30.0 Å². The van der Waals surface area contributed by atoms with Crippen molar-refractivity contribution < 1.29 is 0 Å². The second kappa shape index (κ2) is 4.53. The van der Waals surface area contributed by atoms with E-state index in [0.29, 0.717) is 0 Å². The highest BCUT2D eigenvalue weighted by molar-refractivity contribution is 8.00. The first-order valence-corrected chi connectivity index (χ1v) is 6.22. The van der Waals surface area contributed by atoms with Crippen molar-refractivity contribution in [3.63, 3.8) is 0 Å². The number of anilines is 1. The van der Waals surface area contributed by atoms with Crippen LogP contribution in [0.4, 0.5) is 5.69 Å². The topological polar surface area (TPSA) is 26.0 Å². The summed E-state index contributed by atoms with van der Waals surface area (Å²) in [4.78, 5) is 0. The molecule has 2 N–H and O–H groups in total. The van der Waals surface area contributed by atoms with Crippen LogP contribution in [0.2, 0.25) is 0 Å². The monoisotopic (exact) mass is 221 g/mol. The zero-order valence-electron chi connectivity index (χ0n) is 7.64. The molecule has 1 aromatic carbocycles. The molecule has 0 bridgehead atoms. The fourth-order valence-corrected chi connectivity index (χ4v) is 2.91. The summed E-state index contributed by atoms with van der Waals surface area (Å²) in [7, 11) is 0. The molecule has 0 saturated carbocycles. The predicted molar refractivity (Wildman–Crippen MR) is 64.7 cm³/mol. The normalized spacial score (nSPS) is 10.3. The van der Waals surface area contributed by atoms with Gasteiger partial charge in [-0.15, -0.1) is 23.1 Å². The second-order valence-corrected chi connectivity index (χ2v) is 5.19. The van der Waals surface area contributed by atoms with Crippen molar-refractivity contribution in [3.8, 4) is 0 Å². The van der Waals surface area contributed by atoms with E-state index >= 15 is 0 Å². The quantitative estimate of drug-likeness (QED) is 0.633. The van der Waals surface area contributed by atoms with Crippen LogP contribution in [-0.2, 0) is 5.75 Å². The van der Waals surface area contributed by atoms with Crippen LogP contribution in [0.3, 0.4) is 0 Å². The SMILES string of the molecule is Nc1cccc(CSc2cccs2)c1. The van der Waals surface area contributed by atoms with E-state index < -0.39 is 0 Å². The molecule has 3 heteroatoms. The summed E-state index contributed by atoms with van der Waals surface area (Å²) in [5.41, 5.74) is 7.82. The third-order valence-electron chi connectivity index (χ3n) is 1.83. The van der Waals surface area contributed by atoms with Gasteiger partial charge in [0.15, 0.2) is 0 Å². The molecule has 0 fully saturated rings. The van der Waals surface area contributed by atoms with Crippen LogP contribution in [0.5, 0.6) is 0 Å². The Morgan fingerprint density at radius 2 is 2.14 bits per heavy atom. The van der Waals surface area contributed by atoms with E-state index in [1.54, 1.807) is 11.3 Å². The van der Waals surface area contributed by atoms with Crippen molar-refractivity contribution in [2.45, 2.75) is 9.96 Å². The Bertz CT molecular complexity index is 395. The van der Waals surface area contributed by atoms with E-state index in [4.69, 9.17) is 5.73 Å². The van der Waals surface area contributed by atoms with Crippen molar-refractivity contribution in [2.24, 2.45) is 0 Å². The van der Waals surface area contributed by atoms with E-state index in [1.165, 1.54) is 9.77 Å². The van der Waals surface area contributed by atoms with Crippen LogP contribution in [0.25, 0.3) is 0 Å². The van der Waals surface area contributed by atoms with E-state index in [9.17, 15) is 0 Å². The zero-order valence-corrected chi connectivity index (χ0v) is 9.28. The van der Waals surface area contributed by atoms with Gasteiger partial charge in [0.2, 0.25) is 0 Å². The average molecular weight is 221 g/mol. The Labute approximate surface area is 92.0 Å². The molecule has 72 valence electrons. The van der Waals surface area contributed by atoms with Gasteiger partial charge >= 0.3 is 0 Å². The molecule has 0 spiro atoms. The minimum absolute atomic E-state index is 0.842. The summed E-state index contributed by atoms with van der Waals surface area (Å²) in [6.07, 6.45) is 0. The third kappa shape index (κ3) is 2.53. The fourth-order valence-electron chi connectivity index (χ4n) is 1.18. The van der Waals surface area contributed by atoms with Gasteiger partial charge in [-0.25, -0.2) is 0 Å². The molecule has 14 heavy (non-hydrogen) atoms. The highest BCUT2D eigenvalue weighted by Gasteiger charge is 1.97. The Balaban J connectivity index is 1.98. The van der Waals surface area contributed by atoms with Gasteiger partial charge in [-0.1, -0.05) is 18.2 Å². The second-order valence-electron chi connectivity index (χ2n) is 2.97. The molecule has 0 aliphatic carbocycles. The molecule has 1 nitrogen and oxygen atoms in total.